The van der Waals surface area contributed by atoms with Crippen LogP contribution in [-0.4, -0.2) is 18.2 Å². The van der Waals surface area contributed by atoms with Gasteiger partial charge in [-0.05, 0) is 17.7 Å². The lowest BCUT2D eigenvalue weighted by Gasteiger charge is -2.02. The Bertz CT molecular complexity index is 359. The van der Waals surface area contributed by atoms with Gasteiger partial charge in [0.15, 0.2) is 5.78 Å². The van der Waals surface area contributed by atoms with E-state index in [1.54, 1.807) is 24.3 Å². The molecule has 0 bridgehead atoms. The monoisotopic (exact) mass is 225 g/mol. The van der Waals surface area contributed by atoms with Crippen molar-refractivity contribution in [3.8, 4) is 0 Å². The molecule has 1 N–H and O–H groups in total. The van der Waals surface area contributed by atoms with Crippen LogP contribution in [0.25, 0.3) is 0 Å². The SMILES string of the molecule is CC(=O)NCC(=O)Cc1ccc(Cl)cc1. The molecule has 0 aromatic heterocycles. The molecule has 0 aliphatic carbocycles. The van der Waals surface area contributed by atoms with Crippen LogP contribution in [0.2, 0.25) is 5.02 Å². The van der Waals surface area contributed by atoms with Crippen molar-refractivity contribution < 1.29 is 9.59 Å². The molecule has 0 saturated carbocycles. The Balaban J connectivity index is 2.44. The zero-order valence-corrected chi connectivity index (χ0v) is 9.17. The number of ketones is 1. The van der Waals surface area contributed by atoms with E-state index in [9.17, 15) is 9.59 Å². The number of benzene rings is 1. The van der Waals surface area contributed by atoms with Crippen molar-refractivity contribution in [2.75, 3.05) is 6.54 Å². The van der Waals surface area contributed by atoms with Gasteiger partial charge in [0.25, 0.3) is 0 Å². The van der Waals surface area contributed by atoms with Gasteiger partial charge in [-0.15, -0.1) is 0 Å². The number of nitrogens with one attached hydrogen (secondary N) is 1. The van der Waals surface area contributed by atoms with Crippen LogP contribution in [0.15, 0.2) is 24.3 Å². The van der Waals surface area contributed by atoms with E-state index in [4.69, 9.17) is 11.6 Å². The zero-order chi connectivity index (χ0) is 11.3. The first-order valence-corrected chi connectivity index (χ1v) is 4.96. The van der Waals surface area contributed by atoms with Gasteiger partial charge in [-0.2, -0.15) is 0 Å². The van der Waals surface area contributed by atoms with E-state index in [1.807, 2.05) is 0 Å². The Labute approximate surface area is 93.4 Å². The molecule has 1 amide bonds. The fraction of sp³-hybridized carbons (Fsp3) is 0.273. The van der Waals surface area contributed by atoms with E-state index in [1.165, 1.54) is 6.92 Å². The van der Waals surface area contributed by atoms with Crippen LogP contribution in [0.4, 0.5) is 0 Å². The molecule has 0 spiro atoms. The van der Waals surface area contributed by atoms with Gasteiger partial charge >= 0.3 is 0 Å². The second-order valence-electron chi connectivity index (χ2n) is 3.25. The summed E-state index contributed by atoms with van der Waals surface area (Å²) in [6.45, 7) is 1.47. The molecule has 1 aromatic carbocycles. The molecule has 0 aliphatic heterocycles. The highest BCUT2D eigenvalue weighted by atomic mass is 35.5. The third kappa shape index (κ3) is 4.61. The van der Waals surface area contributed by atoms with Gasteiger partial charge in [-0.1, -0.05) is 23.7 Å². The second-order valence-corrected chi connectivity index (χ2v) is 3.69. The first kappa shape index (κ1) is 11.7. The summed E-state index contributed by atoms with van der Waals surface area (Å²) < 4.78 is 0. The molecule has 0 heterocycles. The number of carbonyl (C=O) groups excluding carboxylic acids is 2. The minimum atomic E-state index is -0.195. The van der Waals surface area contributed by atoms with Crippen molar-refractivity contribution in [3.05, 3.63) is 34.9 Å². The molecule has 4 heteroatoms. The number of carbonyl (C=O) groups is 2. The molecule has 0 aliphatic rings. The summed E-state index contributed by atoms with van der Waals surface area (Å²) in [5.41, 5.74) is 0.898. The molecular weight excluding hydrogens is 214 g/mol. The third-order valence-corrected chi connectivity index (χ3v) is 2.10. The van der Waals surface area contributed by atoms with Gasteiger partial charge in [-0.25, -0.2) is 0 Å². The maximum atomic E-state index is 11.4. The second kappa shape index (κ2) is 5.51. The lowest BCUT2D eigenvalue weighted by molar-refractivity contribution is -0.123. The van der Waals surface area contributed by atoms with Gasteiger partial charge < -0.3 is 5.32 Å². The van der Waals surface area contributed by atoms with Crippen molar-refractivity contribution in [3.63, 3.8) is 0 Å². The van der Waals surface area contributed by atoms with Gasteiger partial charge in [-0.3, -0.25) is 9.59 Å². The number of hydrogen-bond acceptors (Lipinski definition) is 2. The summed E-state index contributed by atoms with van der Waals surface area (Å²) in [5, 5.41) is 3.11. The van der Waals surface area contributed by atoms with E-state index in [0.717, 1.165) is 5.56 Å². The molecule has 0 unspecified atom stereocenters. The standard InChI is InChI=1S/C11H12ClNO2/c1-8(14)13-7-11(15)6-9-2-4-10(12)5-3-9/h2-5H,6-7H2,1H3,(H,13,14). The van der Waals surface area contributed by atoms with E-state index in [0.29, 0.717) is 11.4 Å². The highest BCUT2D eigenvalue weighted by molar-refractivity contribution is 6.30. The van der Waals surface area contributed by atoms with Crippen molar-refractivity contribution >= 4 is 23.3 Å². The first-order valence-electron chi connectivity index (χ1n) is 4.58. The molecule has 0 saturated heterocycles. The number of amides is 1. The Morgan fingerprint density at radius 1 is 1.27 bits per heavy atom. The average molecular weight is 226 g/mol. The van der Waals surface area contributed by atoms with Gasteiger partial charge in [0.05, 0.1) is 6.54 Å². The van der Waals surface area contributed by atoms with Crippen LogP contribution >= 0.6 is 11.6 Å². The topological polar surface area (TPSA) is 46.2 Å². The van der Waals surface area contributed by atoms with Crippen molar-refractivity contribution in [1.82, 2.24) is 5.32 Å². The van der Waals surface area contributed by atoms with E-state index >= 15 is 0 Å². The maximum absolute atomic E-state index is 11.4. The predicted molar refractivity (Wildman–Crippen MR) is 58.8 cm³/mol. The molecule has 1 aromatic rings. The van der Waals surface area contributed by atoms with Crippen LogP contribution in [0.1, 0.15) is 12.5 Å². The fourth-order valence-electron chi connectivity index (χ4n) is 1.12. The lowest BCUT2D eigenvalue weighted by Crippen LogP contribution is -2.28. The minimum Gasteiger partial charge on any atom is -0.349 e. The van der Waals surface area contributed by atoms with Crippen LogP contribution in [0, 0.1) is 0 Å². The Morgan fingerprint density at radius 2 is 1.87 bits per heavy atom. The normalized spacial score (nSPS) is 9.73. The Kier molecular flexibility index (Phi) is 4.31. The highest BCUT2D eigenvalue weighted by Crippen LogP contribution is 2.09. The van der Waals surface area contributed by atoms with Crippen LogP contribution in [0.3, 0.4) is 0 Å². The van der Waals surface area contributed by atoms with Gasteiger partial charge in [0, 0.05) is 18.4 Å². The third-order valence-electron chi connectivity index (χ3n) is 1.85. The van der Waals surface area contributed by atoms with E-state index < -0.39 is 0 Å². The summed E-state index contributed by atoms with van der Waals surface area (Å²) in [7, 11) is 0. The smallest absolute Gasteiger partial charge is 0.217 e. The molecule has 0 atom stereocenters. The molecule has 0 fully saturated rings. The molecule has 1 rings (SSSR count). The maximum Gasteiger partial charge on any atom is 0.217 e. The zero-order valence-electron chi connectivity index (χ0n) is 8.42. The molecule has 0 radical (unpaired) electrons. The van der Waals surface area contributed by atoms with Gasteiger partial charge in [0.1, 0.15) is 0 Å². The van der Waals surface area contributed by atoms with Crippen LogP contribution in [0.5, 0.6) is 0 Å². The number of rotatable bonds is 4. The van der Waals surface area contributed by atoms with Crippen LogP contribution in [-0.2, 0) is 16.0 Å². The number of hydrogen-bond donors (Lipinski definition) is 1. The van der Waals surface area contributed by atoms with Crippen molar-refractivity contribution in [2.45, 2.75) is 13.3 Å². The summed E-state index contributed by atoms with van der Waals surface area (Å²) in [4.78, 5) is 21.9. The Morgan fingerprint density at radius 3 is 2.40 bits per heavy atom. The van der Waals surface area contributed by atoms with E-state index in [2.05, 4.69) is 5.32 Å². The molecular formula is C11H12ClNO2. The Hall–Kier alpha value is -1.35. The largest absolute Gasteiger partial charge is 0.349 e. The first-order chi connectivity index (χ1) is 7.08. The molecule has 15 heavy (non-hydrogen) atoms. The van der Waals surface area contributed by atoms with Crippen molar-refractivity contribution in [1.29, 1.82) is 0 Å². The summed E-state index contributed by atoms with van der Waals surface area (Å²) in [5.74, 6) is -0.216. The fourth-order valence-corrected chi connectivity index (χ4v) is 1.24. The summed E-state index contributed by atoms with van der Waals surface area (Å²) in [6, 6.07) is 7.08. The highest BCUT2D eigenvalue weighted by Gasteiger charge is 2.03. The molecule has 3 nitrogen and oxygen atoms in total. The predicted octanol–water partition coefficient (Wildman–Crippen LogP) is 1.59. The number of Topliss-reactive ketones (excluding diaryl/α,β-unsaturated/α-hetero) is 1. The quantitative estimate of drug-likeness (QED) is 0.846. The minimum absolute atomic E-state index is 0.0208. The lowest BCUT2D eigenvalue weighted by atomic mass is 10.1. The molecule has 80 valence electrons. The summed E-state index contributed by atoms with van der Waals surface area (Å²) in [6.07, 6.45) is 0.317. The summed E-state index contributed by atoms with van der Waals surface area (Å²) >= 11 is 5.71. The van der Waals surface area contributed by atoms with Crippen molar-refractivity contribution in [2.24, 2.45) is 0 Å². The number of halogens is 1. The van der Waals surface area contributed by atoms with Crippen LogP contribution < -0.4 is 5.32 Å². The van der Waals surface area contributed by atoms with E-state index in [-0.39, 0.29) is 18.2 Å². The van der Waals surface area contributed by atoms with Gasteiger partial charge in [0.2, 0.25) is 5.91 Å². The average Bonchev–Trinajstić information content (AvgIpc) is 2.19.